The van der Waals surface area contributed by atoms with Crippen molar-refractivity contribution >= 4 is 12.0 Å². The number of rotatable bonds is 3. The molecular formula is C17H19N3O3. The second-order valence-corrected chi connectivity index (χ2v) is 5.50. The van der Waals surface area contributed by atoms with E-state index in [-0.39, 0.29) is 12.0 Å². The van der Waals surface area contributed by atoms with Crippen molar-refractivity contribution in [1.82, 2.24) is 14.9 Å². The predicted octanol–water partition coefficient (Wildman–Crippen LogP) is 2.07. The van der Waals surface area contributed by atoms with E-state index in [9.17, 15) is 4.79 Å². The number of carbonyl (C=O) groups is 1. The third-order valence-electron chi connectivity index (χ3n) is 3.59. The molecule has 2 heterocycles. The second kappa shape index (κ2) is 6.16. The molecule has 0 radical (unpaired) electrons. The molecule has 1 aromatic carbocycles. The maximum Gasteiger partial charge on any atom is 0.286 e. The summed E-state index contributed by atoms with van der Waals surface area (Å²) in [7, 11) is 1.62. The van der Waals surface area contributed by atoms with Gasteiger partial charge in [-0.05, 0) is 37.6 Å². The molecule has 1 amide bonds. The van der Waals surface area contributed by atoms with Gasteiger partial charge in [0.2, 0.25) is 0 Å². The number of aromatic nitrogens is 2. The number of aryl methyl sites for hydroxylation is 1. The van der Waals surface area contributed by atoms with Crippen molar-refractivity contribution in [3.05, 3.63) is 47.7 Å². The molecule has 1 atom stereocenters. The molecule has 1 aliphatic rings. The van der Waals surface area contributed by atoms with Crippen LogP contribution in [0, 0.1) is 6.92 Å². The van der Waals surface area contributed by atoms with Crippen LogP contribution in [0.1, 0.15) is 18.2 Å². The van der Waals surface area contributed by atoms with Crippen LogP contribution in [0.5, 0.6) is 5.75 Å². The highest BCUT2D eigenvalue weighted by Crippen LogP contribution is 2.26. The third-order valence-corrected chi connectivity index (χ3v) is 3.59. The smallest absolute Gasteiger partial charge is 0.286 e. The summed E-state index contributed by atoms with van der Waals surface area (Å²) in [6, 6.07) is 5.71. The number of amides is 1. The van der Waals surface area contributed by atoms with Crippen LogP contribution in [0.4, 0.5) is 0 Å². The van der Waals surface area contributed by atoms with Crippen molar-refractivity contribution in [2.24, 2.45) is 0 Å². The molecule has 1 fully saturated rings. The summed E-state index contributed by atoms with van der Waals surface area (Å²) in [5.41, 5.74) is 2.65. The van der Waals surface area contributed by atoms with Gasteiger partial charge in [-0.3, -0.25) is 4.79 Å². The van der Waals surface area contributed by atoms with Crippen LogP contribution in [0.2, 0.25) is 0 Å². The molecule has 0 bridgehead atoms. The fraction of sp³-hybridized carbons (Fsp3) is 0.294. The third kappa shape index (κ3) is 3.21. The molecule has 0 spiro atoms. The highest BCUT2D eigenvalue weighted by molar-refractivity contribution is 5.96. The first kappa shape index (κ1) is 15.1. The highest BCUT2D eigenvalue weighted by atomic mass is 16.5. The number of carbonyl (C=O) groups excluding carboxylic acids is 1. The van der Waals surface area contributed by atoms with Gasteiger partial charge in [0.1, 0.15) is 11.9 Å². The van der Waals surface area contributed by atoms with Crippen LogP contribution >= 0.6 is 0 Å². The molecule has 1 N–H and O–H groups in total. The Bertz CT molecular complexity index is 764. The maximum absolute atomic E-state index is 11.8. The Labute approximate surface area is 134 Å². The largest absolute Gasteiger partial charge is 0.495 e. The van der Waals surface area contributed by atoms with Gasteiger partial charge >= 0.3 is 0 Å². The van der Waals surface area contributed by atoms with Gasteiger partial charge in [-0.25, -0.2) is 4.98 Å². The number of hydrogen-bond acceptors (Lipinski definition) is 4. The van der Waals surface area contributed by atoms with Crippen molar-refractivity contribution in [3.63, 3.8) is 0 Å². The minimum atomic E-state index is -0.198. The zero-order valence-electron chi connectivity index (χ0n) is 13.4. The van der Waals surface area contributed by atoms with Crippen molar-refractivity contribution in [2.75, 3.05) is 13.7 Å². The van der Waals surface area contributed by atoms with Crippen molar-refractivity contribution in [2.45, 2.75) is 20.0 Å². The molecule has 1 saturated heterocycles. The first-order valence-electron chi connectivity index (χ1n) is 7.42. The SMILES string of the molecule is COc1cc(C=C2OC(C)CNC2=O)ccc1-n1cnc(C)c1. The van der Waals surface area contributed by atoms with Gasteiger partial charge in [0.15, 0.2) is 5.76 Å². The minimum absolute atomic E-state index is 0.0333. The van der Waals surface area contributed by atoms with Crippen LogP contribution in [0.25, 0.3) is 11.8 Å². The van der Waals surface area contributed by atoms with Crippen LogP contribution in [-0.2, 0) is 9.53 Å². The number of imidazole rings is 1. The number of morpholine rings is 1. The number of benzene rings is 1. The molecule has 1 aromatic heterocycles. The molecule has 6 nitrogen and oxygen atoms in total. The zero-order chi connectivity index (χ0) is 16.4. The van der Waals surface area contributed by atoms with E-state index >= 15 is 0 Å². The second-order valence-electron chi connectivity index (χ2n) is 5.50. The summed E-state index contributed by atoms with van der Waals surface area (Å²) in [5, 5.41) is 2.79. The number of nitrogens with one attached hydrogen (secondary N) is 1. The van der Waals surface area contributed by atoms with Gasteiger partial charge < -0.3 is 19.4 Å². The Kier molecular flexibility index (Phi) is 4.06. The summed E-state index contributed by atoms with van der Waals surface area (Å²) >= 11 is 0. The monoisotopic (exact) mass is 313 g/mol. The Morgan fingerprint density at radius 1 is 1.48 bits per heavy atom. The zero-order valence-corrected chi connectivity index (χ0v) is 13.4. The van der Waals surface area contributed by atoms with E-state index < -0.39 is 0 Å². The number of hydrogen-bond donors (Lipinski definition) is 1. The van der Waals surface area contributed by atoms with E-state index in [1.165, 1.54) is 0 Å². The van der Waals surface area contributed by atoms with Gasteiger partial charge in [-0.2, -0.15) is 0 Å². The first-order chi connectivity index (χ1) is 11.1. The molecular weight excluding hydrogens is 294 g/mol. The molecule has 6 heteroatoms. The summed E-state index contributed by atoms with van der Waals surface area (Å²) in [5.74, 6) is 0.814. The Hall–Kier alpha value is -2.76. The lowest BCUT2D eigenvalue weighted by Crippen LogP contribution is -2.40. The lowest BCUT2D eigenvalue weighted by atomic mass is 10.1. The standard InChI is InChI=1S/C17H19N3O3/c1-11-9-20(10-19-11)14-5-4-13(6-15(14)22-3)7-16-17(21)18-8-12(2)23-16/h4-7,9-10,12H,8H2,1-3H3,(H,18,21). The summed E-state index contributed by atoms with van der Waals surface area (Å²) < 4.78 is 13.0. The number of methoxy groups -OCH3 is 1. The molecule has 23 heavy (non-hydrogen) atoms. The Morgan fingerprint density at radius 2 is 2.30 bits per heavy atom. The molecule has 3 rings (SSSR count). The van der Waals surface area contributed by atoms with E-state index in [0.29, 0.717) is 18.1 Å². The van der Waals surface area contributed by atoms with Crippen molar-refractivity contribution in [3.8, 4) is 11.4 Å². The molecule has 0 saturated carbocycles. The molecule has 2 aromatic rings. The van der Waals surface area contributed by atoms with Crippen LogP contribution in [0.15, 0.2) is 36.5 Å². The van der Waals surface area contributed by atoms with Crippen molar-refractivity contribution < 1.29 is 14.3 Å². The van der Waals surface area contributed by atoms with Crippen LogP contribution < -0.4 is 10.1 Å². The topological polar surface area (TPSA) is 65.4 Å². The minimum Gasteiger partial charge on any atom is -0.495 e. The Balaban J connectivity index is 1.94. The van der Waals surface area contributed by atoms with E-state index in [0.717, 1.165) is 16.9 Å². The molecule has 120 valence electrons. The van der Waals surface area contributed by atoms with Gasteiger partial charge in [-0.15, -0.1) is 0 Å². The first-order valence-corrected chi connectivity index (χ1v) is 7.42. The summed E-state index contributed by atoms with van der Waals surface area (Å²) in [4.78, 5) is 16.1. The maximum atomic E-state index is 11.8. The fourth-order valence-electron chi connectivity index (χ4n) is 2.44. The summed E-state index contributed by atoms with van der Waals surface area (Å²) in [6.45, 7) is 4.37. The lowest BCUT2D eigenvalue weighted by molar-refractivity contribution is -0.125. The molecule has 1 aliphatic heterocycles. The van der Waals surface area contributed by atoms with Crippen LogP contribution in [-0.4, -0.2) is 35.2 Å². The van der Waals surface area contributed by atoms with Crippen LogP contribution in [0.3, 0.4) is 0 Å². The average molecular weight is 313 g/mol. The van der Waals surface area contributed by atoms with E-state index in [2.05, 4.69) is 10.3 Å². The predicted molar refractivity (Wildman–Crippen MR) is 86.4 cm³/mol. The normalized spacial score (nSPS) is 19.3. The lowest BCUT2D eigenvalue weighted by Gasteiger charge is -2.23. The van der Waals surface area contributed by atoms with Gasteiger partial charge in [0.05, 0.1) is 31.4 Å². The fourth-order valence-corrected chi connectivity index (χ4v) is 2.44. The number of nitrogens with zero attached hydrogens (tertiary/aromatic N) is 2. The molecule has 1 unspecified atom stereocenters. The van der Waals surface area contributed by atoms with Gasteiger partial charge in [0.25, 0.3) is 5.91 Å². The van der Waals surface area contributed by atoms with Crippen molar-refractivity contribution in [1.29, 1.82) is 0 Å². The Morgan fingerprint density at radius 3 is 3.00 bits per heavy atom. The van der Waals surface area contributed by atoms with E-state index in [1.54, 1.807) is 19.5 Å². The quantitative estimate of drug-likeness (QED) is 0.881. The highest BCUT2D eigenvalue weighted by Gasteiger charge is 2.21. The number of ether oxygens (including phenoxy) is 2. The average Bonchev–Trinajstić information content (AvgIpc) is 2.97. The summed E-state index contributed by atoms with van der Waals surface area (Å²) in [6.07, 6.45) is 5.35. The van der Waals surface area contributed by atoms with Gasteiger partial charge in [-0.1, -0.05) is 6.07 Å². The van der Waals surface area contributed by atoms with E-state index in [1.807, 2.05) is 42.8 Å². The molecule has 0 aliphatic carbocycles. The van der Waals surface area contributed by atoms with Gasteiger partial charge in [0, 0.05) is 6.20 Å². The van der Waals surface area contributed by atoms with E-state index in [4.69, 9.17) is 9.47 Å².